The lowest BCUT2D eigenvalue weighted by atomic mass is 9.93. The van der Waals surface area contributed by atoms with Crippen LogP contribution in [0.3, 0.4) is 0 Å². The molecular weight excluding hydrogens is 439 g/mol. The zero-order chi connectivity index (χ0) is 24.4. The van der Waals surface area contributed by atoms with Crippen LogP contribution in [0.25, 0.3) is 5.69 Å². The van der Waals surface area contributed by atoms with Crippen molar-refractivity contribution in [1.29, 1.82) is 0 Å². The van der Waals surface area contributed by atoms with Crippen LogP contribution < -0.4 is 0 Å². The summed E-state index contributed by atoms with van der Waals surface area (Å²) >= 11 is 0. The van der Waals surface area contributed by atoms with Gasteiger partial charge in [-0.1, -0.05) is 24.3 Å². The van der Waals surface area contributed by atoms with Gasteiger partial charge in [-0.15, -0.1) is 0 Å². The van der Waals surface area contributed by atoms with E-state index in [0.29, 0.717) is 18.5 Å². The van der Waals surface area contributed by atoms with E-state index in [2.05, 4.69) is 11.2 Å². The van der Waals surface area contributed by atoms with Gasteiger partial charge in [0.15, 0.2) is 0 Å². The highest BCUT2D eigenvalue weighted by atomic mass is 19.1. The van der Waals surface area contributed by atoms with Gasteiger partial charge in [0.2, 0.25) is 0 Å². The van der Waals surface area contributed by atoms with Crippen LogP contribution in [0.1, 0.15) is 57.5 Å². The van der Waals surface area contributed by atoms with Gasteiger partial charge in [0.05, 0.1) is 11.4 Å². The van der Waals surface area contributed by atoms with Gasteiger partial charge < -0.3 is 4.90 Å². The summed E-state index contributed by atoms with van der Waals surface area (Å²) in [5.74, 6) is 0.00318. The molecule has 1 atom stereocenters. The molecule has 1 aliphatic heterocycles. The van der Waals surface area contributed by atoms with Crippen molar-refractivity contribution in [1.82, 2.24) is 19.7 Å². The Morgan fingerprint density at radius 1 is 1.03 bits per heavy atom. The van der Waals surface area contributed by atoms with Crippen LogP contribution in [-0.2, 0) is 6.42 Å². The first kappa shape index (κ1) is 23.0. The molecule has 5 nitrogen and oxygen atoms in total. The molecule has 1 saturated heterocycles. The molecule has 0 aliphatic carbocycles. The molecule has 178 valence electrons. The summed E-state index contributed by atoms with van der Waals surface area (Å²) in [7, 11) is 0. The monoisotopic (exact) mass is 468 g/mol. The quantitative estimate of drug-likeness (QED) is 0.381. The molecule has 0 saturated carbocycles. The molecule has 1 amide bonds. The predicted octanol–water partition coefficient (Wildman–Crippen LogP) is 5.63. The maximum Gasteiger partial charge on any atom is 0.253 e. The molecule has 1 fully saturated rings. The third-order valence-corrected chi connectivity index (χ3v) is 6.60. The van der Waals surface area contributed by atoms with Gasteiger partial charge in [-0.2, -0.15) is 5.10 Å². The van der Waals surface area contributed by atoms with Gasteiger partial charge in [-0.05, 0) is 80.8 Å². The largest absolute Gasteiger partial charge is 0.338 e. The van der Waals surface area contributed by atoms with Gasteiger partial charge in [0, 0.05) is 48.1 Å². The van der Waals surface area contributed by atoms with Crippen LogP contribution in [0.5, 0.6) is 0 Å². The first-order valence-corrected chi connectivity index (χ1v) is 12.1. The molecule has 6 heteroatoms. The second kappa shape index (κ2) is 9.82. The Morgan fingerprint density at radius 3 is 2.60 bits per heavy atom. The third kappa shape index (κ3) is 5.16. The number of aromatic nitrogens is 3. The number of carbonyl (C=O) groups is 1. The second-order valence-electron chi connectivity index (χ2n) is 9.34. The van der Waals surface area contributed by atoms with Crippen molar-refractivity contribution in [2.75, 3.05) is 13.1 Å². The Kier molecular flexibility index (Phi) is 6.45. The van der Waals surface area contributed by atoms with E-state index in [4.69, 9.17) is 4.98 Å². The Hall–Kier alpha value is -3.80. The molecule has 0 spiro atoms. The van der Waals surface area contributed by atoms with Crippen molar-refractivity contribution in [3.63, 3.8) is 0 Å². The summed E-state index contributed by atoms with van der Waals surface area (Å²) in [6, 6.07) is 22.4. The van der Waals surface area contributed by atoms with Crippen molar-refractivity contribution in [3.8, 4) is 5.69 Å². The SMILES string of the molecule is Cc1cc(C)n(-c2cccc(C(=O)N3CCC[C@@H](c4cccc(Cc5ccc(F)cc5)n4)C3)c2)n1. The minimum atomic E-state index is -0.233. The van der Waals surface area contributed by atoms with E-state index < -0.39 is 0 Å². The highest BCUT2D eigenvalue weighted by molar-refractivity contribution is 5.94. The molecule has 3 heterocycles. The number of hydrogen-bond acceptors (Lipinski definition) is 3. The summed E-state index contributed by atoms with van der Waals surface area (Å²) in [5, 5.41) is 4.55. The van der Waals surface area contributed by atoms with Crippen molar-refractivity contribution in [2.24, 2.45) is 0 Å². The number of pyridine rings is 1. The number of rotatable bonds is 5. The molecule has 4 aromatic rings. The van der Waals surface area contributed by atoms with Crippen molar-refractivity contribution in [2.45, 2.75) is 39.0 Å². The highest BCUT2D eigenvalue weighted by Gasteiger charge is 2.26. The lowest BCUT2D eigenvalue weighted by Crippen LogP contribution is -2.39. The maximum absolute atomic E-state index is 13.4. The van der Waals surface area contributed by atoms with E-state index in [1.807, 2.05) is 65.9 Å². The first-order valence-electron chi connectivity index (χ1n) is 12.1. The van der Waals surface area contributed by atoms with Crippen LogP contribution in [0.4, 0.5) is 4.39 Å². The zero-order valence-corrected chi connectivity index (χ0v) is 20.1. The highest BCUT2D eigenvalue weighted by Crippen LogP contribution is 2.27. The number of piperidine rings is 1. The fourth-order valence-electron chi connectivity index (χ4n) is 4.88. The van der Waals surface area contributed by atoms with Crippen LogP contribution in [-0.4, -0.2) is 38.7 Å². The number of benzene rings is 2. The maximum atomic E-state index is 13.4. The molecule has 2 aromatic heterocycles. The molecule has 5 rings (SSSR count). The molecule has 1 aliphatic rings. The van der Waals surface area contributed by atoms with Gasteiger partial charge in [-0.3, -0.25) is 9.78 Å². The second-order valence-corrected chi connectivity index (χ2v) is 9.34. The fourth-order valence-corrected chi connectivity index (χ4v) is 4.88. The molecule has 0 N–H and O–H groups in total. The molecule has 0 bridgehead atoms. The van der Waals surface area contributed by atoms with Crippen LogP contribution in [0, 0.1) is 19.7 Å². The van der Waals surface area contributed by atoms with Gasteiger partial charge in [-0.25, -0.2) is 9.07 Å². The van der Waals surface area contributed by atoms with E-state index in [1.54, 1.807) is 12.1 Å². The van der Waals surface area contributed by atoms with E-state index in [0.717, 1.165) is 53.4 Å². The van der Waals surface area contributed by atoms with Gasteiger partial charge >= 0.3 is 0 Å². The summed E-state index contributed by atoms with van der Waals surface area (Å²) in [4.78, 5) is 20.3. The zero-order valence-electron chi connectivity index (χ0n) is 20.1. The Bertz CT molecular complexity index is 1350. The Labute approximate surface area is 205 Å². The molecular formula is C29H29FN4O. The minimum absolute atomic E-state index is 0.0422. The van der Waals surface area contributed by atoms with E-state index in [9.17, 15) is 9.18 Å². The van der Waals surface area contributed by atoms with Gasteiger partial charge in [0.1, 0.15) is 5.82 Å². The van der Waals surface area contributed by atoms with Crippen molar-refractivity contribution < 1.29 is 9.18 Å². The number of nitrogens with zero attached hydrogens (tertiary/aromatic N) is 4. The Balaban J connectivity index is 1.31. The van der Waals surface area contributed by atoms with Crippen LogP contribution in [0.15, 0.2) is 72.8 Å². The number of amides is 1. The lowest BCUT2D eigenvalue weighted by molar-refractivity contribution is 0.0706. The molecule has 35 heavy (non-hydrogen) atoms. The van der Waals surface area contributed by atoms with E-state index in [1.165, 1.54) is 12.1 Å². The van der Waals surface area contributed by atoms with Crippen molar-refractivity contribution in [3.05, 3.63) is 113 Å². The predicted molar refractivity (Wildman–Crippen MR) is 134 cm³/mol. The topological polar surface area (TPSA) is 51.0 Å². The van der Waals surface area contributed by atoms with E-state index >= 15 is 0 Å². The van der Waals surface area contributed by atoms with Gasteiger partial charge in [0.25, 0.3) is 5.91 Å². The fraction of sp³-hybridized carbons (Fsp3) is 0.276. The van der Waals surface area contributed by atoms with Crippen LogP contribution in [0.2, 0.25) is 0 Å². The number of aryl methyl sites for hydroxylation is 2. The number of halogens is 1. The summed E-state index contributed by atoms with van der Waals surface area (Å²) < 4.78 is 15.1. The average Bonchev–Trinajstić information content (AvgIpc) is 3.23. The number of carbonyl (C=O) groups excluding carboxylic acids is 1. The molecule has 2 aromatic carbocycles. The normalized spacial score (nSPS) is 15.9. The number of hydrogen-bond donors (Lipinski definition) is 0. The average molecular weight is 469 g/mol. The third-order valence-electron chi connectivity index (χ3n) is 6.60. The van der Waals surface area contributed by atoms with Crippen molar-refractivity contribution >= 4 is 5.91 Å². The lowest BCUT2D eigenvalue weighted by Gasteiger charge is -2.33. The molecule has 0 unspecified atom stereocenters. The standard InChI is InChI=1S/C29H29FN4O/c1-20-16-21(2)34(32-20)27-9-3-6-23(18-27)29(35)33-15-5-7-24(19-33)28-10-4-8-26(31-28)17-22-11-13-25(30)14-12-22/h3-4,6,8-14,16,18,24H,5,7,15,17,19H2,1-2H3/t24-/m1/s1. The summed E-state index contributed by atoms with van der Waals surface area (Å²) in [6.45, 7) is 5.38. The number of likely N-dealkylation sites (tertiary alicyclic amines) is 1. The first-order chi connectivity index (χ1) is 17.0. The Morgan fingerprint density at radius 2 is 1.83 bits per heavy atom. The summed E-state index contributed by atoms with van der Waals surface area (Å²) in [5.41, 5.74) is 6.55. The molecule has 0 radical (unpaired) electrons. The smallest absolute Gasteiger partial charge is 0.253 e. The minimum Gasteiger partial charge on any atom is -0.338 e. The van der Waals surface area contributed by atoms with E-state index in [-0.39, 0.29) is 17.6 Å². The summed E-state index contributed by atoms with van der Waals surface area (Å²) in [6.07, 6.45) is 2.60. The van der Waals surface area contributed by atoms with Crippen LogP contribution >= 0.6 is 0 Å².